The molecular formula is C30H31Cl3N4O4S. The topological polar surface area (TPSA) is 93.5 Å². The van der Waals surface area contributed by atoms with Gasteiger partial charge in [0.05, 0.1) is 29.2 Å². The van der Waals surface area contributed by atoms with Gasteiger partial charge in [0.2, 0.25) is 11.8 Å². The zero-order valence-corrected chi connectivity index (χ0v) is 26.3. The van der Waals surface area contributed by atoms with E-state index in [9.17, 15) is 14.4 Å². The first kappa shape index (κ1) is 31.9. The van der Waals surface area contributed by atoms with Gasteiger partial charge in [-0.1, -0.05) is 59.1 Å². The van der Waals surface area contributed by atoms with Crippen molar-refractivity contribution >= 4 is 70.4 Å². The molecule has 2 heterocycles. The number of likely N-dealkylation sites (tertiary alicyclic amines) is 1. The number of amides is 2. The average molecular weight is 650 g/mol. The van der Waals surface area contributed by atoms with Crippen molar-refractivity contribution in [3.8, 4) is 0 Å². The van der Waals surface area contributed by atoms with Gasteiger partial charge in [-0.2, -0.15) is 0 Å². The lowest BCUT2D eigenvalue weighted by molar-refractivity contribution is -0.145. The monoisotopic (exact) mass is 648 g/mol. The maximum Gasteiger partial charge on any atom is 0.328 e. The summed E-state index contributed by atoms with van der Waals surface area (Å²) in [4.78, 5) is 45.4. The highest BCUT2D eigenvalue weighted by Gasteiger charge is 2.30. The molecule has 3 aromatic rings. The minimum absolute atomic E-state index is 0.171. The number of carbonyl (C=O) groups excluding carboxylic acids is 3. The number of hydrogen-bond acceptors (Lipinski definition) is 6. The van der Waals surface area contributed by atoms with E-state index in [1.54, 1.807) is 17.3 Å². The molecule has 2 amide bonds. The third kappa shape index (κ3) is 8.10. The second-order valence-corrected chi connectivity index (χ2v) is 11.8. The van der Waals surface area contributed by atoms with Gasteiger partial charge in [-0.05, 0) is 48.4 Å². The number of nitrogens with one attached hydrogen (secondary N) is 1. The van der Waals surface area contributed by atoms with E-state index in [1.165, 1.54) is 24.9 Å². The number of nitrogens with zero attached hydrogens (tertiary/aromatic N) is 3. The third-order valence-electron chi connectivity index (χ3n) is 7.09. The zero-order chi connectivity index (χ0) is 30.2. The van der Waals surface area contributed by atoms with Crippen LogP contribution in [0.5, 0.6) is 0 Å². The highest BCUT2D eigenvalue weighted by atomic mass is 35.5. The Kier molecular flexibility index (Phi) is 11.4. The number of aromatic nitrogens is 2. The molecule has 0 saturated carbocycles. The van der Waals surface area contributed by atoms with Crippen LogP contribution in [0.1, 0.15) is 29.7 Å². The van der Waals surface area contributed by atoms with Crippen molar-refractivity contribution in [2.75, 3.05) is 26.5 Å². The Hall–Kier alpha value is -2.98. The van der Waals surface area contributed by atoms with Crippen LogP contribution in [0.15, 0.2) is 59.9 Å². The number of hydrogen-bond donors (Lipinski definition) is 1. The lowest BCUT2D eigenvalue weighted by Gasteiger charge is -2.31. The van der Waals surface area contributed by atoms with E-state index in [-0.39, 0.29) is 24.2 Å². The zero-order valence-electron chi connectivity index (χ0n) is 23.2. The molecule has 42 heavy (non-hydrogen) atoms. The van der Waals surface area contributed by atoms with Crippen LogP contribution in [-0.4, -0.2) is 64.7 Å². The molecule has 12 heteroatoms. The largest absolute Gasteiger partial charge is 0.467 e. The second kappa shape index (κ2) is 15.0. The quantitative estimate of drug-likeness (QED) is 0.170. The highest BCUT2D eigenvalue weighted by Crippen LogP contribution is 2.35. The van der Waals surface area contributed by atoms with Crippen LogP contribution in [0, 0.1) is 5.92 Å². The van der Waals surface area contributed by atoms with Gasteiger partial charge in [0.1, 0.15) is 6.04 Å². The summed E-state index contributed by atoms with van der Waals surface area (Å²) in [5, 5.41) is 4.35. The summed E-state index contributed by atoms with van der Waals surface area (Å²) >= 11 is 20.4. The molecule has 1 aliphatic heterocycles. The van der Waals surface area contributed by atoms with Crippen LogP contribution in [-0.2, 0) is 32.1 Å². The van der Waals surface area contributed by atoms with Gasteiger partial charge in [0.15, 0.2) is 0 Å². The van der Waals surface area contributed by atoms with E-state index in [0.717, 1.165) is 10.5 Å². The van der Waals surface area contributed by atoms with Crippen molar-refractivity contribution in [1.29, 1.82) is 0 Å². The summed E-state index contributed by atoms with van der Waals surface area (Å²) in [6.45, 7) is 1.35. The molecule has 8 nitrogen and oxygen atoms in total. The number of rotatable bonds is 10. The number of ether oxygens (including phenoxy) is 1. The van der Waals surface area contributed by atoms with Gasteiger partial charge in [0.25, 0.3) is 0 Å². The second-order valence-electron chi connectivity index (χ2n) is 9.84. The molecule has 222 valence electrons. The van der Waals surface area contributed by atoms with Crippen LogP contribution in [0.25, 0.3) is 6.08 Å². The number of imidazole rings is 1. The number of carbonyl (C=O) groups is 3. The van der Waals surface area contributed by atoms with Gasteiger partial charge in [-0.3, -0.25) is 9.59 Å². The first-order chi connectivity index (χ1) is 20.2. The molecule has 1 aromatic heterocycles. The molecule has 0 bridgehead atoms. The molecule has 1 unspecified atom stereocenters. The molecule has 1 fully saturated rings. The highest BCUT2D eigenvalue weighted by molar-refractivity contribution is 7.98. The standard InChI is InChI=1S/C30H31Cl3N4O4S/c1-41-30(40)24(15-22-17-36(18-34-22)16-21-5-3-4-6-23(21)31)35-29(39)20-11-13-37(14-12-20)26(38)10-8-19-7-9-25(42-2)28(33)27(19)32/h3-10,17-18,20,24H,11-16H2,1-2H3,(H,35,39)/b10-8+. The first-order valence-electron chi connectivity index (χ1n) is 13.3. The molecule has 1 saturated heterocycles. The molecule has 0 aliphatic carbocycles. The Morgan fingerprint density at radius 2 is 1.86 bits per heavy atom. The van der Waals surface area contributed by atoms with Crippen molar-refractivity contribution in [1.82, 2.24) is 19.8 Å². The van der Waals surface area contributed by atoms with Crippen molar-refractivity contribution in [2.45, 2.75) is 36.7 Å². The van der Waals surface area contributed by atoms with Gasteiger partial charge in [-0.15, -0.1) is 11.8 Å². The Morgan fingerprint density at radius 3 is 2.55 bits per heavy atom. The minimum atomic E-state index is -0.886. The Bertz CT molecular complexity index is 1470. The van der Waals surface area contributed by atoms with Crippen LogP contribution in [0.4, 0.5) is 0 Å². The Labute approximate surface area is 264 Å². The fourth-order valence-corrected chi connectivity index (χ4v) is 6.09. The lowest BCUT2D eigenvalue weighted by Crippen LogP contribution is -2.48. The van der Waals surface area contributed by atoms with Crippen LogP contribution < -0.4 is 5.32 Å². The normalized spacial score (nSPS) is 14.6. The van der Waals surface area contributed by atoms with E-state index in [1.807, 2.05) is 53.4 Å². The maximum absolute atomic E-state index is 13.1. The molecule has 1 atom stereocenters. The van der Waals surface area contributed by atoms with Crippen molar-refractivity contribution in [3.63, 3.8) is 0 Å². The van der Waals surface area contributed by atoms with E-state index in [4.69, 9.17) is 39.5 Å². The Morgan fingerprint density at radius 1 is 1.12 bits per heavy atom. The summed E-state index contributed by atoms with van der Waals surface area (Å²) in [6, 6.07) is 10.3. The molecular weight excluding hydrogens is 619 g/mol. The SMILES string of the molecule is COC(=O)C(Cc1cn(Cc2ccccc2Cl)cn1)NC(=O)C1CCN(C(=O)/C=C/c2ccc(SC)c(Cl)c2Cl)CC1. The lowest BCUT2D eigenvalue weighted by atomic mass is 9.95. The molecule has 0 radical (unpaired) electrons. The fraction of sp³-hybridized carbons (Fsp3) is 0.333. The van der Waals surface area contributed by atoms with Crippen molar-refractivity contribution < 1.29 is 19.1 Å². The summed E-state index contributed by atoms with van der Waals surface area (Å²) in [5.74, 6) is -1.31. The van der Waals surface area contributed by atoms with Gasteiger partial charge in [0, 0.05) is 54.2 Å². The average Bonchev–Trinajstić information content (AvgIpc) is 3.44. The van der Waals surface area contributed by atoms with Crippen LogP contribution in [0.2, 0.25) is 15.1 Å². The predicted molar refractivity (Wildman–Crippen MR) is 167 cm³/mol. The number of piperidine rings is 1. The van der Waals surface area contributed by atoms with Crippen molar-refractivity contribution in [2.24, 2.45) is 5.92 Å². The van der Waals surface area contributed by atoms with Gasteiger partial charge < -0.3 is 19.5 Å². The van der Waals surface area contributed by atoms with E-state index >= 15 is 0 Å². The fourth-order valence-electron chi connectivity index (χ4n) is 4.72. The number of halogens is 3. The molecule has 4 rings (SSSR count). The molecule has 1 aliphatic rings. The molecule has 0 spiro atoms. The Balaban J connectivity index is 1.31. The molecule has 2 aromatic carbocycles. The van der Waals surface area contributed by atoms with Crippen LogP contribution in [0.3, 0.4) is 0 Å². The number of benzene rings is 2. The first-order valence-corrected chi connectivity index (χ1v) is 15.7. The van der Waals surface area contributed by atoms with Gasteiger partial charge in [-0.25, -0.2) is 9.78 Å². The number of thioether (sulfide) groups is 1. The summed E-state index contributed by atoms with van der Waals surface area (Å²) in [5.41, 5.74) is 2.23. The molecule has 1 N–H and O–H groups in total. The van der Waals surface area contributed by atoms with Crippen molar-refractivity contribution in [3.05, 3.63) is 86.9 Å². The third-order valence-corrected chi connectivity index (χ3v) is 9.25. The van der Waals surface area contributed by atoms with E-state index < -0.39 is 12.0 Å². The van der Waals surface area contributed by atoms with Gasteiger partial charge >= 0.3 is 5.97 Å². The maximum atomic E-state index is 13.1. The predicted octanol–water partition coefficient (Wildman–Crippen LogP) is 5.77. The summed E-state index contributed by atoms with van der Waals surface area (Å²) in [6.07, 6.45) is 9.64. The number of esters is 1. The summed E-state index contributed by atoms with van der Waals surface area (Å²) in [7, 11) is 1.29. The summed E-state index contributed by atoms with van der Waals surface area (Å²) < 4.78 is 6.82. The van der Waals surface area contributed by atoms with Crippen LogP contribution >= 0.6 is 46.6 Å². The number of methoxy groups -OCH3 is 1. The van der Waals surface area contributed by atoms with E-state index in [2.05, 4.69) is 10.3 Å². The minimum Gasteiger partial charge on any atom is -0.467 e. The van der Waals surface area contributed by atoms with E-state index in [0.29, 0.717) is 58.8 Å². The smallest absolute Gasteiger partial charge is 0.328 e.